The van der Waals surface area contributed by atoms with Crippen molar-refractivity contribution in [2.24, 2.45) is 0 Å². The Morgan fingerprint density at radius 3 is 2.57 bits per heavy atom. The first-order valence-electron chi connectivity index (χ1n) is 9.25. The number of amides is 2. The molecule has 0 atom stereocenters. The van der Waals surface area contributed by atoms with Crippen LogP contribution in [0.2, 0.25) is 5.02 Å². The Morgan fingerprint density at radius 2 is 1.89 bits per heavy atom. The highest BCUT2D eigenvalue weighted by atomic mass is 35.5. The molecule has 0 radical (unpaired) electrons. The molecule has 2 N–H and O–H groups in total. The predicted molar refractivity (Wildman–Crippen MR) is 108 cm³/mol. The third kappa shape index (κ3) is 3.29. The van der Waals surface area contributed by atoms with Crippen LogP contribution in [0.25, 0.3) is 0 Å². The first kappa shape index (κ1) is 18.6. The van der Waals surface area contributed by atoms with Gasteiger partial charge in [-0.05, 0) is 48.9 Å². The molecule has 4 rings (SSSR count). The van der Waals surface area contributed by atoms with Crippen molar-refractivity contribution in [1.29, 1.82) is 0 Å². The van der Waals surface area contributed by atoms with Gasteiger partial charge in [-0.3, -0.25) is 9.59 Å². The van der Waals surface area contributed by atoms with Gasteiger partial charge in [0.15, 0.2) is 0 Å². The minimum Gasteiger partial charge on any atom is -0.497 e. The van der Waals surface area contributed by atoms with Gasteiger partial charge in [-0.1, -0.05) is 11.6 Å². The topological polar surface area (TPSA) is 70.7 Å². The van der Waals surface area contributed by atoms with Gasteiger partial charge in [0.1, 0.15) is 11.4 Å². The molecule has 146 valence electrons. The molecule has 0 aromatic heterocycles. The number of ether oxygens (including phenoxy) is 1. The van der Waals surface area contributed by atoms with E-state index in [1.54, 1.807) is 37.4 Å². The molecule has 28 heavy (non-hydrogen) atoms. The lowest BCUT2D eigenvalue weighted by Gasteiger charge is -2.46. The van der Waals surface area contributed by atoms with Crippen LogP contribution < -0.4 is 15.4 Å². The first-order valence-corrected chi connectivity index (χ1v) is 9.63. The minimum atomic E-state index is -0.555. The largest absolute Gasteiger partial charge is 0.497 e. The van der Waals surface area contributed by atoms with Crippen molar-refractivity contribution in [1.82, 2.24) is 10.2 Å². The number of carbonyl (C=O) groups is 2. The van der Waals surface area contributed by atoms with Crippen LogP contribution in [0, 0.1) is 6.92 Å². The molecule has 1 saturated heterocycles. The third-order valence-electron chi connectivity index (χ3n) is 5.52. The average Bonchev–Trinajstić information content (AvgIpc) is 2.67. The van der Waals surface area contributed by atoms with Crippen LogP contribution in [0.5, 0.6) is 5.75 Å². The number of halogens is 1. The van der Waals surface area contributed by atoms with E-state index >= 15 is 0 Å². The number of nitrogens with one attached hydrogen (secondary N) is 2. The van der Waals surface area contributed by atoms with Crippen LogP contribution in [0.4, 0.5) is 5.69 Å². The van der Waals surface area contributed by atoms with Gasteiger partial charge in [-0.2, -0.15) is 0 Å². The summed E-state index contributed by atoms with van der Waals surface area (Å²) in [6.45, 7) is 3.01. The second-order valence-electron chi connectivity index (χ2n) is 7.32. The summed E-state index contributed by atoms with van der Waals surface area (Å²) >= 11 is 6.09. The fourth-order valence-electron chi connectivity index (χ4n) is 3.91. The van der Waals surface area contributed by atoms with E-state index in [1.807, 2.05) is 17.9 Å². The first-order chi connectivity index (χ1) is 13.4. The number of carbonyl (C=O) groups excluding carboxylic acids is 2. The zero-order chi connectivity index (χ0) is 19.9. The molecule has 0 aliphatic carbocycles. The van der Waals surface area contributed by atoms with E-state index in [-0.39, 0.29) is 11.8 Å². The van der Waals surface area contributed by atoms with Gasteiger partial charge in [-0.25, -0.2) is 0 Å². The maximum absolute atomic E-state index is 13.0. The van der Waals surface area contributed by atoms with Gasteiger partial charge in [0.2, 0.25) is 0 Å². The maximum atomic E-state index is 13.0. The summed E-state index contributed by atoms with van der Waals surface area (Å²) in [6, 6.07) is 10.7. The number of fused-ring (bicyclic) bond motifs is 1. The summed E-state index contributed by atoms with van der Waals surface area (Å²) in [5.41, 5.74) is 2.33. The Kier molecular flexibility index (Phi) is 4.67. The number of anilines is 1. The monoisotopic (exact) mass is 399 g/mol. The molecule has 0 unspecified atom stereocenters. The number of aryl methyl sites for hydroxylation is 1. The van der Waals surface area contributed by atoms with Gasteiger partial charge in [0, 0.05) is 36.5 Å². The molecule has 2 aliphatic heterocycles. The van der Waals surface area contributed by atoms with E-state index < -0.39 is 5.66 Å². The summed E-state index contributed by atoms with van der Waals surface area (Å²) in [5, 5.41) is 7.11. The third-order valence-corrected chi connectivity index (χ3v) is 5.76. The van der Waals surface area contributed by atoms with E-state index in [0.29, 0.717) is 42.1 Å². The normalized spacial score (nSPS) is 17.5. The van der Waals surface area contributed by atoms with Crippen molar-refractivity contribution < 1.29 is 14.3 Å². The molecule has 0 saturated carbocycles. The van der Waals surface area contributed by atoms with Gasteiger partial charge < -0.3 is 20.3 Å². The van der Waals surface area contributed by atoms with E-state index in [1.165, 1.54) is 0 Å². The molecule has 1 spiro atoms. The van der Waals surface area contributed by atoms with Gasteiger partial charge in [0.25, 0.3) is 11.8 Å². The molecular weight excluding hydrogens is 378 g/mol. The average molecular weight is 400 g/mol. The maximum Gasteiger partial charge on any atom is 0.255 e. The van der Waals surface area contributed by atoms with Crippen molar-refractivity contribution in [2.75, 3.05) is 25.5 Å². The molecule has 6 nitrogen and oxygen atoms in total. The lowest BCUT2D eigenvalue weighted by Crippen LogP contribution is -2.62. The number of piperidine rings is 1. The van der Waals surface area contributed by atoms with Gasteiger partial charge >= 0.3 is 0 Å². The summed E-state index contributed by atoms with van der Waals surface area (Å²) in [7, 11) is 1.61. The standard InChI is InChI=1S/C21H22ClN3O3/c1-13-11-15(28-2)4-6-16(13)20(27)25-9-7-21(8-10-25)23-18-12-14(22)3-5-17(18)19(26)24-21/h3-6,11-12,23H,7-10H2,1-2H3,(H,24,26). The highest BCUT2D eigenvalue weighted by molar-refractivity contribution is 6.31. The number of methoxy groups -OCH3 is 1. The number of hydrogen-bond acceptors (Lipinski definition) is 4. The molecule has 0 bridgehead atoms. The Labute approximate surface area is 168 Å². The fraction of sp³-hybridized carbons (Fsp3) is 0.333. The van der Waals surface area contributed by atoms with Crippen LogP contribution in [0.15, 0.2) is 36.4 Å². The second kappa shape index (κ2) is 7.02. The van der Waals surface area contributed by atoms with Crippen molar-refractivity contribution in [3.8, 4) is 5.75 Å². The van der Waals surface area contributed by atoms with Crippen LogP contribution in [0.3, 0.4) is 0 Å². The van der Waals surface area contributed by atoms with E-state index in [4.69, 9.17) is 16.3 Å². The number of hydrogen-bond donors (Lipinski definition) is 2. The van der Waals surface area contributed by atoms with E-state index in [0.717, 1.165) is 17.0 Å². The Hall–Kier alpha value is -2.73. The molecule has 2 aromatic rings. The van der Waals surface area contributed by atoms with E-state index in [9.17, 15) is 9.59 Å². The number of nitrogens with zero attached hydrogens (tertiary/aromatic N) is 1. The Morgan fingerprint density at radius 1 is 1.14 bits per heavy atom. The smallest absolute Gasteiger partial charge is 0.255 e. The molecule has 1 fully saturated rings. The fourth-order valence-corrected chi connectivity index (χ4v) is 4.08. The quantitative estimate of drug-likeness (QED) is 0.811. The molecule has 2 aromatic carbocycles. The molecule has 2 heterocycles. The summed E-state index contributed by atoms with van der Waals surface area (Å²) in [5.74, 6) is 0.620. The van der Waals surface area contributed by atoms with Crippen molar-refractivity contribution in [3.05, 3.63) is 58.1 Å². The minimum absolute atomic E-state index is 0.000540. The van der Waals surface area contributed by atoms with Gasteiger partial charge in [-0.15, -0.1) is 0 Å². The summed E-state index contributed by atoms with van der Waals surface area (Å²) < 4.78 is 5.21. The zero-order valence-electron chi connectivity index (χ0n) is 15.8. The number of benzene rings is 2. The van der Waals surface area contributed by atoms with Crippen LogP contribution in [-0.2, 0) is 0 Å². The SMILES string of the molecule is COc1ccc(C(=O)N2CCC3(CC2)NC(=O)c2ccc(Cl)cc2N3)c(C)c1. The zero-order valence-corrected chi connectivity index (χ0v) is 16.6. The predicted octanol–water partition coefficient (Wildman–Crippen LogP) is 3.44. The molecule has 7 heteroatoms. The summed E-state index contributed by atoms with van der Waals surface area (Å²) in [4.78, 5) is 27.3. The molecule has 2 amide bonds. The van der Waals surface area contributed by atoms with Crippen LogP contribution in [-0.4, -0.2) is 42.6 Å². The Balaban J connectivity index is 1.49. The van der Waals surface area contributed by atoms with Gasteiger partial charge in [0.05, 0.1) is 18.4 Å². The van der Waals surface area contributed by atoms with Crippen molar-refractivity contribution in [3.63, 3.8) is 0 Å². The Bertz CT molecular complexity index is 952. The van der Waals surface area contributed by atoms with Crippen LogP contribution >= 0.6 is 11.6 Å². The molecular formula is C21H22ClN3O3. The summed E-state index contributed by atoms with van der Waals surface area (Å²) in [6.07, 6.45) is 1.23. The molecule has 2 aliphatic rings. The van der Waals surface area contributed by atoms with E-state index in [2.05, 4.69) is 10.6 Å². The number of rotatable bonds is 2. The lowest BCUT2D eigenvalue weighted by molar-refractivity contribution is 0.0639. The highest BCUT2D eigenvalue weighted by Gasteiger charge is 2.41. The second-order valence-corrected chi connectivity index (χ2v) is 7.76. The highest BCUT2D eigenvalue weighted by Crippen LogP contribution is 2.33. The van der Waals surface area contributed by atoms with Crippen LogP contribution in [0.1, 0.15) is 39.1 Å². The lowest BCUT2D eigenvalue weighted by atomic mass is 9.92. The van der Waals surface area contributed by atoms with Crippen molar-refractivity contribution >= 4 is 29.1 Å². The number of likely N-dealkylation sites (tertiary alicyclic amines) is 1. The van der Waals surface area contributed by atoms with Crippen molar-refractivity contribution in [2.45, 2.75) is 25.4 Å².